The minimum atomic E-state index is -0.424. The van der Waals surface area contributed by atoms with Gasteiger partial charge in [-0.1, -0.05) is 47.9 Å². The lowest BCUT2D eigenvalue weighted by atomic mass is 10.0. The Morgan fingerprint density at radius 2 is 2.00 bits per heavy atom. The Bertz CT molecular complexity index is 1230. The number of ether oxygens (including phenoxy) is 2. The Morgan fingerprint density at radius 3 is 2.73 bits per heavy atom. The second kappa shape index (κ2) is 10.3. The second-order valence-electron chi connectivity index (χ2n) is 7.27. The number of carbonyl (C=O) groups excluding carboxylic acids is 2. The van der Waals surface area contributed by atoms with Gasteiger partial charge in [0.2, 0.25) is 11.8 Å². The number of benzene rings is 2. The number of hydrogen-bond donors (Lipinski definition) is 1. The predicted molar refractivity (Wildman–Crippen MR) is 125 cm³/mol. The van der Waals surface area contributed by atoms with Crippen molar-refractivity contribution in [2.75, 3.05) is 13.7 Å². The molecule has 3 aromatic rings. The van der Waals surface area contributed by atoms with E-state index in [-0.39, 0.29) is 11.1 Å². The maximum atomic E-state index is 11.8. The molecule has 0 aliphatic carbocycles. The number of rotatable bonds is 7. The molecular weight excluding hydrogens is 440 g/mol. The van der Waals surface area contributed by atoms with Crippen LogP contribution in [-0.2, 0) is 11.2 Å². The fourth-order valence-corrected chi connectivity index (χ4v) is 4.16. The Morgan fingerprint density at radius 1 is 1.18 bits per heavy atom. The molecule has 7 nitrogen and oxygen atoms in total. The normalized spacial score (nSPS) is 15.0. The number of aryl methyl sites for hydroxylation is 1. The number of hydrogen-bond acceptors (Lipinski definition) is 7. The van der Waals surface area contributed by atoms with E-state index < -0.39 is 5.25 Å². The zero-order valence-corrected chi connectivity index (χ0v) is 19.0. The van der Waals surface area contributed by atoms with Crippen LogP contribution in [-0.4, -0.2) is 35.1 Å². The molecule has 168 valence electrons. The number of carbonyl (C=O) groups is 2. The summed E-state index contributed by atoms with van der Waals surface area (Å²) >= 11 is 1.01. The van der Waals surface area contributed by atoms with E-state index in [0.717, 1.165) is 22.9 Å². The molecule has 1 aromatic heterocycles. The predicted octanol–water partition coefficient (Wildman–Crippen LogP) is 4.37. The highest BCUT2D eigenvalue weighted by Gasteiger charge is 2.31. The molecule has 1 atom stereocenters. The molecule has 1 fully saturated rings. The fraction of sp³-hybridized carbons (Fsp3) is 0.240. The van der Waals surface area contributed by atoms with E-state index in [1.54, 1.807) is 7.11 Å². The second-order valence-corrected chi connectivity index (χ2v) is 8.44. The number of thioether (sulfide) groups is 1. The maximum Gasteiger partial charge on any atom is 0.286 e. The SMILES string of the molecule is COc1ccc(CC2SC(=O)NC2=O)cc1C#CCCOc1nc(-c2ccccc2)oc1C. The van der Waals surface area contributed by atoms with Gasteiger partial charge in [0.25, 0.3) is 11.1 Å². The lowest BCUT2D eigenvalue weighted by Gasteiger charge is -2.08. The van der Waals surface area contributed by atoms with Crippen molar-refractivity contribution in [3.05, 3.63) is 65.4 Å². The van der Waals surface area contributed by atoms with Crippen LogP contribution >= 0.6 is 11.8 Å². The van der Waals surface area contributed by atoms with E-state index in [4.69, 9.17) is 13.9 Å². The molecule has 0 radical (unpaired) electrons. The van der Waals surface area contributed by atoms with E-state index in [9.17, 15) is 9.59 Å². The first-order valence-corrected chi connectivity index (χ1v) is 11.2. The first-order chi connectivity index (χ1) is 16.0. The van der Waals surface area contributed by atoms with Crippen LogP contribution in [0.3, 0.4) is 0 Å². The van der Waals surface area contributed by atoms with Crippen molar-refractivity contribution in [3.8, 4) is 34.9 Å². The summed E-state index contributed by atoms with van der Waals surface area (Å²) in [7, 11) is 1.58. The number of aromatic nitrogens is 1. The van der Waals surface area contributed by atoms with Crippen LogP contribution < -0.4 is 14.8 Å². The van der Waals surface area contributed by atoms with Crippen molar-refractivity contribution < 1.29 is 23.5 Å². The molecule has 0 spiro atoms. The Kier molecular flexibility index (Phi) is 7.01. The number of oxazole rings is 1. The Hall–Kier alpha value is -3.70. The quantitative estimate of drug-likeness (QED) is 0.412. The molecule has 0 saturated carbocycles. The van der Waals surface area contributed by atoms with Crippen LogP contribution in [0.2, 0.25) is 0 Å². The smallest absolute Gasteiger partial charge is 0.286 e. The lowest BCUT2D eigenvalue weighted by molar-refractivity contribution is -0.118. The standard InChI is InChI=1S/C25H22N2O5S/c1-16-23(27-24(32-16)18-8-4-3-5-9-18)31-13-7-6-10-19-14-17(11-12-20(19)30-2)15-21-22(28)26-25(29)33-21/h3-5,8-9,11-12,14,21H,7,13,15H2,1-2H3,(H,26,28,29). The number of methoxy groups -OCH3 is 1. The maximum absolute atomic E-state index is 11.8. The number of amides is 2. The summed E-state index contributed by atoms with van der Waals surface area (Å²) in [6.07, 6.45) is 0.926. The third-order valence-corrected chi connectivity index (χ3v) is 5.90. The van der Waals surface area contributed by atoms with Gasteiger partial charge in [0.15, 0.2) is 5.76 Å². The molecule has 2 aromatic carbocycles. The van der Waals surface area contributed by atoms with Gasteiger partial charge >= 0.3 is 0 Å². The van der Waals surface area contributed by atoms with E-state index in [0.29, 0.717) is 48.3 Å². The molecule has 2 amide bonds. The summed E-state index contributed by atoms with van der Waals surface area (Å²) in [5, 5.41) is 1.57. The molecule has 1 unspecified atom stereocenters. The molecule has 33 heavy (non-hydrogen) atoms. The van der Waals surface area contributed by atoms with Crippen LogP contribution in [0, 0.1) is 18.8 Å². The highest BCUT2D eigenvalue weighted by molar-refractivity contribution is 8.15. The minimum absolute atomic E-state index is 0.260. The average molecular weight is 463 g/mol. The summed E-state index contributed by atoms with van der Waals surface area (Å²) in [5.41, 5.74) is 2.51. The summed E-state index contributed by atoms with van der Waals surface area (Å²) < 4.78 is 16.8. The monoisotopic (exact) mass is 462 g/mol. The first-order valence-electron chi connectivity index (χ1n) is 10.4. The third-order valence-electron chi connectivity index (χ3n) is 4.92. The Balaban J connectivity index is 1.37. The number of nitrogens with zero attached hydrogens (tertiary/aromatic N) is 1. The van der Waals surface area contributed by atoms with E-state index in [1.165, 1.54) is 0 Å². The lowest BCUT2D eigenvalue weighted by Crippen LogP contribution is -2.25. The molecule has 2 heterocycles. The van der Waals surface area contributed by atoms with Gasteiger partial charge < -0.3 is 13.9 Å². The topological polar surface area (TPSA) is 90.7 Å². The first kappa shape index (κ1) is 22.5. The molecule has 1 aliphatic heterocycles. The van der Waals surface area contributed by atoms with Gasteiger partial charge in [0, 0.05) is 12.0 Å². The number of imide groups is 1. The highest BCUT2D eigenvalue weighted by Crippen LogP contribution is 2.27. The largest absolute Gasteiger partial charge is 0.495 e. The van der Waals surface area contributed by atoms with Crippen LogP contribution in [0.5, 0.6) is 11.6 Å². The molecule has 4 rings (SSSR count). The van der Waals surface area contributed by atoms with Crippen molar-refractivity contribution in [1.82, 2.24) is 10.3 Å². The van der Waals surface area contributed by atoms with Crippen LogP contribution in [0.15, 0.2) is 52.9 Å². The van der Waals surface area contributed by atoms with Crippen molar-refractivity contribution in [1.29, 1.82) is 0 Å². The van der Waals surface area contributed by atoms with E-state index >= 15 is 0 Å². The van der Waals surface area contributed by atoms with Crippen molar-refractivity contribution in [3.63, 3.8) is 0 Å². The molecule has 1 N–H and O–H groups in total. The molecule has 0 bridgehead atoms. The molecule has 8 heteroatoms. The van der Waals surface area contributed by atoms with Crippen LogP contribution in [0.1, 0.15) is 23.3 Å². The van der Waals surface area contributed by atoms with Gasteiger partial charge in [-0.05, 0) is 43.2 Å². The van der Waals surface area contributed by atoms with Gasteiger partial charge in [0.05, 0.1) is 17.9 Å². The summed E-state index contributed by atoms with van der Waals surface area (Å²) in [6.45, 7) is 2.17. The van der Waals surface area contributed by atoms with Crippen LogP contribution in [0.4, 0.5) is 4.79 Å². The third kappa shape index (κ3) is 5.57. The van der Waals surface area contributed by atoms with Crippen LogP contribution in [0.25, 0.3) is 11.5 Å². The van der Waals surface area contributed by atoms with E-state index in [1.807, 2.05) is 55.5 Å². The van der Waals surface area contributed by atoms with E-state index in [2.05, 4.69) is 22.1 Å². The van der Waals surface area contributed by atoms with Gasteiger partial charge in [-0.15, -0.1) is 0 Å². The molecule has 1 saturated heterocycles. The summed E-state index contributed by atoms with van der Waals surface area (Å²) in [6, 6.07) is 15.2. The van der Waals surface area contributed by atoms with Gasteiger partial charge in [-0.2, -0.15) is 4.98 Å². The highest BCUT2D eigenvalue weighted by atomic mass is 32.2. The average Bonchev–Trinajstić information content (AvgIpc) is 3.34. The minimum Gasteiger partial charge on any atom is -0.495 e. The van der Waals surface area contributed by atoms with Crippen molar-refractivity contribution in [2.24, 2.45) is 0 Å². The van der Waals surface area contributed by atoms with Crippen molar-refractivity contribution >= 4 is 22.9 Å². The summed E-state index contributed by atoms with van der Waals surface area (Å²) in [5.74, 6) is 8.17. The van der Waals surface area contributed by atoms with Gasteiger partial charge in [-0.25, -0.2) is 0 Å². The summed E-state index contributed by atoms with van der Waals surface area (Å²) in [4.78, 5) is 27.6. The Labute approximate surface area is 195 Å². The van der Waals surface area contributed by atoms with Gasteiger partial charge in [0.1, 0.15) is 12.4 Å². The zero-order chi connectivity index (χ0) is 23.2. The van der Waals surface area contributed by atoms with Gasteiger partial charge in [-0.3, -0.25) is 14.9 Å². The zero-order valence-electron chi connectivity index (χ0n) is 18.2. The molecular formula is C25H22N2O5S. The molecule has 1 aliphatic rings. The number of nitrogens with one attached hydrogen (secondary N) is 1. The fourth-order valence-electron chi connectivity index (χ4n) is 3.30. The van der Waals surface area contributed by atoms with Crippen molar-refractivity contribution in [2.45, 2.75) is 25.0 Å².